The van der Waals surface area contributed by atoms with Crippen molar-refractivity contribution in [3.8, 4) is 5.75 Å². The average Bonchev–Trinajstić information content (AvgIpc) is 2.41. The summed E-state index contributed by atoms with van der Waals surface area (Å²) in [5, 5.41) is 11.5. The van der Waals surface area contributed by atoms with Crippen LogP contribution in [0, 0.1) is 6.92 Å². The molecule has 4 heteroatoms. The third-order valence-corrected chi connectivity index (χ3v) is 3.85. The van der Waals surface area contributed by atoms with Crippen LogP contribution in [0.1, 0.15) is 22.8 Å². The van der Waals surface area contributed by atoms with Crippen molar-refractivity contribution in [2.45, 2.75) is 19.4 Å². The van der Waals surface area contributed by atoms with Crippen LogP contribution < -0.4 is 4.74 Å². The molecule has 0 bridgehead atoms. The molecule has 1 N–H and O–H groups in total. The molecule has 0 amide bonds. The quantitative estimate of drug-likeness (QED) is 0.895. The Hall–Kier alpha value is -1.22. The SMILES string of the molecule is COc1ccc(C(O)Cc2ccc(Cl)cc2Cl)c(C)c1. The maximum atomic E-state index is 10.4. The van der Waals surface area contributed by atoms with E-state index in [1.165, 1.54) is 0 Å². The fourth-order valence-electron chi connectivity index (χ4n) is 2.15. The summed E-state index contributed by atoms with van der Waals surface area (Å²) in [6.45, 7) is 1.95. The first-order valence-electron chi connectivity index (χ1n) is 6.28. The van der Waals surface area contributed by atoms with Gasteiger partial charge in [-0.25, -0.2) is 0 Å². The van der Waals surface area contributed by atoms with Crippen LogP contribution in [0.3, 0.4) is 0 Å². The van der Waals surface area contributed by atoms with Crippen molar-refractivity contribution in [3.63, 3.8) is 0 Å². The predicted octanol–water partition coefficient (Wildman–Crippen LogP) is 4.59. The van der Waals surface area contributed by atoms with E-state index in [0.717, 1.165) is 22.4 Å². The molecule has 2 aromatic carbocycles. The molecule has 0 heterocycles. The Morgan fingerprint density at radius 3 is 2.50 bits per heavy atom. The van der Waals surface area contributed by atoms with Gasteiger partial charge in [0.05, 0.1) is 13.2 Å². The van der Waals surface area contributed by atoms with Crippen LogP contribution in [-0.2, 0) is 6.42 Å². The summed E-state index contributed by atoms with van der Waals surface area (Å²) in [5.41, 5.74) is 2.73. The van der Waals surface area contributed by atoms with Crippen LogP contribution in [0.2, 0.25) is 10.0 Å². The second-order valence-corrected chi connectivity index (χ2v) is 5.52. The molecule has 0 aliphatic rings. The number of rotatable bonds is 4. The van der Waals surface area contributed by atoms with E-state index in [4.69, 9.17) is 27.9 Å². The first kappa shape index (κ1) is 15.2. The maximum absolute atomic E-state index is 10.4. The van der Waals surface area contributed by atoms with Crippen LogP contribution in [-0.4, -0.2) is 12.2 Å². The molecule has 1 unspecified atom stereocenters. The van der Waals surface area contributed by atoms with Gasteiger partial charge < -0.3 is 9.84 Å². The van der Waals surface area contributed by atoms with Gasteiger partial charge in [0.25, 0.3) is 0 Å². The molecular weight excluding hydrogens is 295 g/mol. The van der Waals surface area contributed by atoms with E-state index in [1.807, 2.05) is 31.2 Å². The van der Waals surface area contributed by atoms with Gasteiger partial charge >= 0.3 is 0 Å². The molecule has 2 nitrogen and oxygen atoms in total. The van der Waals surface area contributed by atoms with Gasteiger partial charge in [-0.3, -0.25) is 0 Å². The van der Waals surface area contributed by atoms with Gasteiger partial charge in [-0.1, -0.05) is 35.3 Å². The molecule has 20 heavy (non-hydrogen) atoms. The van der Waals surface area contributed by atoms with E-state index in [0.29, 0.717) is 16.5 Å². The fourth-order valence-corrected chi connectivity index (χ4v) is 2.64. The Labute approximate surface area is 128 Å². The van der Waals surface area contributed by atoms with Crippen LogP contribution in [0.5, 0.6) is 5.75 Å². The van der Waals surface area contributed by atoms with E-state index < -0.39 is 6.10 Å². The lowest BCUT2D eigenvalue weighted by Gasteiger charge is -2.15. The summed E-state index contributed by atoms with van der Waals surface area (Å²) in [6.07, 6.45) is -0.164. The van der Waals surface area contributed by atoms with Gasteiger partial charge in [0.1, 0.15) is 5.75 Å². The topological polar surface area (TPSA) is 29.5 Å². The summed E-state index contributed by atoms with van der Waals surface area (Å²) in [7, 11) is 1.62. The number of hydrogen-bond donors (Lipinski definition) is 1. The van der Waals surface area contributed by atoms with Gasteiger partial charge in [0, 0.05) is 16.5 Å². The second-order valence-electron chi connectivity index (χ2n) is 4.68. The molecule has 0 fully saturated rings. The monoisotopic (exact) mass is 310 g/mol. The summed E-state index contributed by atoms with van der Waals surface area (Å²) in [6, 6.07) is 10.9. The molecule has 0 saturated heterocycles. The zero-order valence-corrected chi connectivity index (χ0v) is 12.9. The lowest BCUT2D eigenvalue weighted by molar-refractivity contribution is 0.177. The smallest absolute Gasteiger partial charge is 0.119 e. The zero-order chi connectivity index (χ0) is 14.7. The predicted molar refractivity (Wildman–Crippen MR) is 82.9 cm³/mol. The number of ether oxygens (including phenoxy) is 1. The maximum Gasteiger partial charge on any atom is 0.119 e. The molecule has 0 aliphatic carbocycles. The normalized spacial score (nSPS) is 12.2. The van der Waals surface area contributed by atoms with E-state index in [2.05, 4.69) is 0 Å². The highest BCUT2D eigenvalue weighted by Crippen LogP contribution is 2.28. The van der Waals surface area contributed by atoms with E-state index in [-0.39, 0.29) is 0 Å². The summed E-state index contributed by atoms with van der Waals surface area (Å²) in [4.78, 5) is 0. The minimum absolute atomic E-state index is 0.448. The first-order chi connectivity index (χ1) is 9.51. The molecule has 0 radical (unpaired) electrons. The van der Waals surface area contributed by atoms with E-state index in [1.54, 1.807) is 19.2 Å². The molecule has 1 atom stereocenters. The molecule has 2 rings (SSSR count). The summed E-state index contributed by atoms with van der Waals surface area (Å²) < 4.78 is 5.16. The third-order valence-electron chi connectivity index (χ3n) is 3.26. The number of benzene rings is 2. The van der Waals surface area contributed by atoms with E-state index in [9.17, 15) is 5.11 Å². The number of hydrogen-bond acceptors (Lipinski definition) is 2. The Kier molecular flexibility index (Phi) is 4.92. The zero-order valence-electron chi connectivity index (χ0n) is 11.4. The summed E-state index contributed by atoms with van der Waals surface area (Å²) >= 11 is 12.0. The molecule has 0 spiro atoms. The number of halogens is 2. The largest absolute Gasteiger partial charge is 0.497 e. The van der Waals surface area contributed by atoms with Crippen molar-refractivity contribution < 1.29 is 9.84 Å². The molecule has 0 saturated carbocycles. The molecule has 2 aromatic rings. The minimum atomic E-state index is -0.611. The van der Waals surface area contributed by atoms with Crippen molar-refractivity contribution >= 4 is 23.2 Å². The molecule has 0 aromatic heterocycles. The van der Waals surface area contributed by atoms with E-state index >= 15 is 0 Å². The third kappa shape index (κ3) is 3.45. The van der Waals surface area contributed by atoms with Gasteiger partial charge in [-0.05, 0) is 47.9 Å². The lowest BCUT2D eigenvalue weighted by Crippen LogP contribution is -2.04. The van der Waals surface area contributed by atoms with Crippen LogP contribution in [0.15, 0.2) is 36.4 Å². The Morgan fingerprint density at radius 2 is 1.90 bits per heavy atom. The number of aliphatic hydroxyl groups is 1. The molecular formula is C16H16Cl2O2. The second kappa shape index (κ2) is 6.49. The Balaban J connectivity index is 2.21. The standard InChI is InChI=1S/C16H16Cl2O2/c1-10-7-13(20-2)5-6-14(10)16(19)8-11-3-4-12(17)9-15(11)18/h3-7,9,16,19H,8H2,1-2H3. The van der Waals surface area contributed by atoms with Gasteiger partial charge in [0.2, 0.25) is 0 Å². The van der Waals surface area contributed by atoms with Crippen molar-refractivity contribution in [1.82, 2.24) is 0 Å². The number of methoxy groups -OCH3 is 1. The molecule has 106 valence electrons. The van der Waals surface area contributed by atoms with Gasteiger partial charge in [0.15, 0.2) is 0 Å². The fraction of sp³-hybridized carbons (Fsp3) is 0.250. The lowest BCUT2D eigenvalue weighted by atomic mass is 9.97. The van der Waals surface area contributed by atoms with Crippen molar-refractivity contribution in [2.24, 2.45) is 0 Å². The van der Waals surface area contributed by atoms with Crippen LogP contribution in [0.4, 0.5) is 0 Å². The number of aliphatic hydroxyl groups excluding tert-OH is 1. The Morgan fingerprint density at radius 1 is 1.15 bits per heavy atom. The molecule has 0 aliphatic heterocycles. The highest BCUT2D eigenvalue weighted by molar-refractivity contribution is 6.35. The average molecular weight is 311 g/mol. The van der Waals surface area contributed by atoms with Crippen molar-refractivity contribution in [3.05, 3.63) is 63.1 Å². The number of aryl methyl sites for hydroxylation is 1. The van der Waals surface area contributed by atoms with Crippen molar-refractivity contribution in [2.75, 3.05) is 7.11 Å². The van der Waals surface area contributed by atoms with Crippen LogP contribution >= 0.6 is 23.2 Å². The highest BCUT2D eigenvalue weighted by Gasteiger charge is 2.14. The summed E-state index contributed by atoms with van der Waals surface area (Å²) in [5.74, 6) is 0.781. The highest BCUT2D eigenvalue weighted by atomic mass is 35.5. The minimum Gasteiger partial charge on any atom is -0.497 e. The Bertz CT molecular complexity index is 611. The van der Waals surface area contributed by atoms with Gasteiger partial charge in [-0.15, -0.1) is 0 Å². The van der Waals surface area contributed by atoms with Gasteiger partial charge in [-0.2, -0.15) is 0 Å². The van der Waals surface area contributed by atoms with Crippen molar-refractivity contribution in [1.29, 1.82) is 0 Å². The van der Waals surface area contributed by atoms with Crippen LogP contribution in [0.25, 0.3) is 0 Å². The first-order valence-corrected chi connectivity index (χ1v) is 7.03.